The maximum absolute atomic E-state index is 13.6. The minimum absolute atomic E-state index is 0.107. The summed E-state index contributed by atoms with van der Waals surface area (Å²) in [5.74, 6) is -1.18. The molecule has 0 bridgehead atoms. The van der Waals surface area contributed by atoms with Crippen LogP contribution >= 0.6 is 0 Å². The predicted octanol–water partition coefficient (Wildman–Crippen LogP) is 1.35. The minimum atomic E-state index is -0.592. The molecule has 0 spiro atoms. The van der Waals surface area contributed by atoms with Crippen molar-refractivity contribution in [2.75, 3.05) is 7.11 Å². The summed E-state index contributed by atoms with van der Waals surface area (Å²) in [6, 6.07) is 13.4. The van der Waals surface area contributed by atoms with E-state index in [2.05, 4.69) is 26.3 Å². The topological polar surface area (TPSA) is 111 Å². The number of nitrogens with zero attached hydrogens (tertiary/aromatic N) is 4. The molecular formula is C19H17FN6O3. The normalized spacial score (nSPS) is 10.7. The molecule has 0 aliphatic heterocycles. The molecule has 0 unspecified atom stereocenters. The molecule has 29 heavy (non-hydrogen) atoms. The average Bonchev–Trinajstić information content (AvgIpc) is 3.20. The van der Waals surface area contributed by atoms with Crippen LogP contribution in [0.3, 0.4) is 0 Å². The fourth-order valence-electron chi connectivity index (χ4n) is 2.31. The molecule has 0 saturated carbocycles. The lowest BCUT2D eigenvalue weighted by Gasteiger charge is -2.04. The van der Waals surface area contributed by atoms with Gasteiger partial charge in [0.05, 0.1) is 7.11 Å². The van der Waals surface area contributed by atoms with E-state index >= 15 is 0 Å². The Morgan fingerprint density at radius 2 is 1.97 bits per heavy atom. The van der Waals surface area contributed by atoms with Crippen LogP contribution in [0, 0.1) is 5.82 Å². The van der Waals surface area contributed by atoms with E-state index in [4.69, 9.17) is 4.74 Å². The molecule has 3 rings (SSSR count). The number of carbonyl (C=O) groups excluding carboxylic acids is 2. The Bertz CT molecular complexity index is 1040. The monoisotopic (exact) mass is 396 g/mol. The Kier molecular flexibility index (Phi) is 6.25. The highest BCUT2D eigenvalue weighted by Crippen LogP contribution is 2.18. The van der Waals surface area contributed by atoms with Gasteiger partial charge < -0.3 is 4.74 Å². The molecule has 2 aromatic carbocycles. The number of hydrazine groups is 1. The van der Waals surface area contributed by atoms with Crippen molar-refractivity contribution in [1.82, 2.24) is 31.1 Å². The molecular weight excluding hydrogens is 379 g/mol. The first kappa shape index (κ1) is 19.7. The lowest BCUT2D eigenvalue weighted by molar-refractivity contribution is -0.127. The summed E-state index contributed by atoms with van der Waals surface area (Å²) in [5.41, 5.74) is 5.68. The van der Waals surface area contributed by atoms with Gasteiger partial charge in [-0.25, -0.2) is 4.39 Å². The van der Waals surface area contributed by atoms with Gasteiger partial charge in [0, 0.05) is 11.6 Å². The molecule has 0 aliphatic rings. The summed E-state index contributed by atoms with van der Waals surface area (Å²) in [7, 11) is 1.36. The van der Waals surface area contributed by atoms with Crippen LogP contribution in [-0.2, 0) is 16.1 Å². The third kappa shape index (κ3) is 5.45. The first-order valence-corrected chi connectivity index (χ1v) is 8.49. The van der Waals surface area contributed by atoms with Gasteiger partial charge in [0.25, 0.3) is 11.8 Å². The molecule has 0 fully saturated rings. The fraction of sp³-hybridized carbons (Fsp3) is 0.105. The van der Waals surface area contributed by atoms with Crippen LogP contribution in [-0.4, -0.2) is 39.1 Å². The van der Waals surface area contributed by atoms with E-state index in [0.717, 1.165) is 16.4 Å². The number of amides is 2. The van der Waals surface area contributed by atoms with Gasteiger partial charge in [-0.05, 0) is 29.0 Å². The Balaban J connectivity index is 1.48. The molecule has 0 atom stereocenters. The highest BCUT2D eigenvalue weighted by atomic mass is 19.1. The van der Waals surface area contributed by atoms with Crippen molar-refractivity contribution in [3.05, 3.63) is 66.0 Å². The van der Waals surface area contributed by atoms with Gasteiger partial charge in [-0.3, -0.25) is 20.4 Å². The van der Waals surface area contributed by atoms with E-state index in [0.29, 0.717) is 11.4 Å². The van der Waals surface area contributed by atoms with Crippen molar-refractivity contribution in [3.63, 3.8) is 0 Å². The molecule has 2 N–H and O–H groups in total. The second-order valence-electron chi connectivity index (χ2n) is 5.77. The van der Waals surface area contributed by atoms with Crippen LogP contribution in [0.5, 0.6) is 5.75 Å². The molecule has 1 aromatic heterocycles. The first-order valence-electron chi connectivity index (χ1n) is 8.49. The number of carbonyl (C=O) groups is 2. The molecule has 0 aliphatic carbocycles. The van der Waals surface area contributed by atoms with Gasteiger partial charge in [-0.1, -0.05) is 36.4 Å². The zero-order chi connectivity index (χ0) is 20.6. The number of ether oxygens (including phenoxy) is 1. The quantitative estimate of drug-likeness (QED) is 0.481. The molecule has 9 nitrogen and oxygen atoms in total. The van der Waals surface area contributed by atoms with Crippen molar-refractivity contribution >= 4 is 17.9 Å². The molecule has 1 heterocycles. The highest BCUT2D eigenvalue weighted by molar-refractivity contribution is 5.93. The lowest BCUT2D eigenvalue weighted by atomic mass is 10.2. The largest absolute Gasteiger partial charge is 0.494 e. The maximum Gasteiger partial charge on any atom is 0.262 e. The van der Waals surface area contributed by atoms with Crippen LogP contribution in [0.2, 0.25) is 0 Å². The van der Waals surface area contributed by atoms with Gasteiger partial charge in [0.15, 0.2) is 11.6 Å². The standard InChI is InChI=1S/C19H17FN6O3/c1-29-16-9-7-13(11-15(16)20)8-10-17(27)21-22-18(28)12-26-24-19(23-25-26)14-5-3-2-4-6-14/h2-11H,12H2,1H3,(H,21,27)(H,22,28)/b10-8+. The summed E-state index contributed by atoms with van der Waals surface area (Å²) >= 11 is 0. The molecule has 10 heteroatoms. The van der Waals surface area contributed by atoms with E-state index in [-0.39, 0.29) is 12.3 Å². The number of rotatable bonds is 6. The van der Waals surface area contributed by atoms with Crippen molar-refractivity contribution in [3.8, 4) is 17.1 Å². The average molecular weight is 396 g/mol. The summed E-state index contributed by atoms with van der Waals surface area (Å²) in [6.07, 6.45) is 2.55. The lowest BCUT2D eigenvalue weighted by Crippen LogP contribution is -2.42. The second-order valence-corrected chi connectivity index (χ2v) is 5.77. The van der Waals surface area contributed by atoms with E-state index in [1.54, 1.807) is 6.07 Å². The van der Waals surface area contributed by atoms with Crippen LogP contribution in [0.15, 0.2) is 54.6 Å². The third-order valence-corrected chi connectivity index (χ3v) is 3.70. The summed E-state index contributed by atoms with van der Waals surface area (Å²) in [5, 5.41) is 11.8. The third-order valence-electron chi connectivity index (χ3n) is 3.70. The van der Waals surface area contributed by atoms with Gasteiger partial charge in [0.2, 0.25) is 5.82 Å². The summed E-state index contributed by atoms with van der Waals surface area (Å²) in [4.78, 5) is 24.8. The zero-order valence-corrected chi connectivity index (χ0v) is 15.4. The number of halogens is 1. The van der Waals surface area contributed by atoms with Crippen molar-refractivity contribution in [1.29, 1.82) is 0 Å². The number of benzene rings is 2. The van der Waals surface area contributed by atoms with E-state index < -0.39 is 17.6 Å². The van der Waals surface area contributed by atoms with Crippen molar-refractivity contribution < 1.29 is 18.7 Å². The predicted molar refractivity (Wildman–Crippen MR) is 102 cm³/mol. The molecule has 3 aromatic rings. The summed E-state index contributed by atoms with van der Waals surface area (Å²) < 4.78 is 18.4. The van der Waals surface area contributed by atoms with Crippen molar-refractivity contribution in [2.24, 2.45) is 0 Å². The first-order chi connectivity index (χ1) is 14.0. The van der Waals surface area contributed by atoms with Crippen LogP contribution in [0.25, 0.3) is 17.5 Å². The SMILES string of the molecule is COc1ccc(/C=C/C(=O)NNC(=O)Cn2nnc(-c3ccccc3)n2)cc1F. The Morgan fingerprint density at radius 1 is 1.17 bits per heavy atom. The number of hydrogen-bond donors (Lipinski definition) is 2. The van der Waals surface area contributed by atoms with E-state index in [9.17, 15) is 14.0 Å². The molecule has 0 saturated heterocycles. The Hall–Kier alpha value is -4.08. The van der Waals surface area contributed by atoms with Gasteiger partial charge in [-0.2, -0.15) is 4.80 Å². The Morgan fingerprint density at radius 3 is 2.69 bits per heavy atom. The van der Waals surface area contributed by atoms with Crippen molar-refractivity contribution in [2.45, 2.75) is 6.54 Å². The van der Waals surface area contributed by atoms with Crippen LogP contribution < -0.4 is 15.6 Å². The molecule has 2 amide bonds. The van der Waals surface area contributed by atoms with E-state index in [1.165, 1.54) is 25.3 Å². The number of hydrogen-bond acceptors (Lipinski definition) is 6. The van der Waals surface area contributed by atoms with Gasteiger partial charge in [0.1, 0.15) is 6.54 Å². The van der Waals surface area contributed by atoms with Gasteiger partial charge >= 0.3 is 0 Å². The van der Waals surface area contributed by atoms with E-state index in [1.807, 2.05) is 30.3 Å². The minimum Gasteiger partial charge on any atom is -0.494 e. The molecule has 148 valence electrons. The number of tetrazole rings is 1. The van der Waals surface area contributed by atoms with Crippen LogP contribution in [0.4, 0.5) is 4.39 Å². The number of aromatic nitrogens is 4. The maximum atomic E-state index is 13.6. The smallest absolute Gasteiger partial charge is 0.262 e. The number of nitrogens with one attached hydrogen (secondary N) is 2. The molecule has 0 radical (unpaired) electrons. The van der Waals surface area contributed by atoms with Gasteiger partial charge in [-0.15, -0.1) is 10.2 Å². The zero-order valence-electron chi connectivity index (χ0n) is 15.4. The second kappa shape index (κ2) is 9.22. The number of methoxy groups -OCH3 is 1. The van der Waals surface area contributed by atoms with Crippen LogP contribution in [0.1, 0.15) is 5.56 Å². The fourth-order valence-corrected chi connectivity index (χ4v) is 2.31. The Labute approximate surface area is 165 Å². The summed E-state index contributed by atoms with van der Waals surface area (Å²) in [6.45, 7) is -0.229. The highest BCUT2D eigenvalue weighted by Gasteiger charge is 2.09.